The molecule has 1 aromatic heterocycles. The lowest BCUT2D eigenvalue weighted by Gasteiger charge is -2.27. The average molecular weight is 370 g/mol. The van der Waals surface area contributed by atoms with E-state index in [-0.39, 0.29) is 12.8 Å². The quantitative estimate of drug-likeness (QED) is 0.877. The lowest BCUT2D eigenvalue weighted by atomic mass is 10.0. The third-order valence-corrected chi connectivity index (χ3v) is 4.71. The third-order valence-electron chi connectivity index (χ3n) is 3.48. The summed E-state index contributed by atoms with van der Waals surface area (Å²) in [5.74, 6) is 1.52. The molecule has 0 spiro atoms. The van der Waals surface area contributed by atoms with Crippen LogP contribution in [-0.4, -0.2) is 30.3 Å². The van der Waals surface area contributed by atoms with Crippen molar-refractivity contribution < 1.29 is 9.47 Å². The van der Waals surface area contributed by atoms with E-state index in [2.05, 4.69) is 38.2 Å². The van der Waals surface area contributed by atoms with E-state index >= 15 is 0 Å². The van der Waals surface area contributed by atoms with E-state index in [1.54, 1.807) is 11.3 Å². The van der Waals surface area contributed by atoms with E-state index in [1.807, 2.05) is 17.6 Å². The Kier molecular flexibility index (Phi) is 4.44. The van der Waals surface area contributed by atoms with Gasteiger partial charge >= 0.3 is 0 Å². The molecule has 0 amide bonds. The zero-order chi connectivity index (χ0) is 14.8. The summed E-state index contributed by atoms with van der Waals surface area (Å²) in [4.78, 5) is 6.52. The van der Waals surface area contributed by atoms with Crippen LogP contribution in [0.2, 0.25) is 0 Å². The maximum atomic E-state index is 5.98. The largest absolute Gasteiger partial charge is 0.454 e. The Balaban J connectivity index is 1.84. The smallest absolute Gasteiger partial charge is 0.231 e. The van der Waals surface area contributed by atoms with Crippen LogP contribution in [0.3, 0.4) is 0 Å². The Labute approximate surface area is 135 Å². The monoisotopic (exact) mass is 369 g/mol. The fourth-order valence-electron chi connectivity index (χ4n) is 2.43. The summed E-state index contributed by atoms with van der Waals surface area (Å²) >= 11 is 5.13. The molecule has 2 heterocycles. The minimum Gasteiger partial charge on any atom is -0.454 e. The van der Waals surface area contributed by atoms with Crippen molar-refractivity contribution in [2.45, 2.75) is 12.6 Å². The standard InChI is InChI=1S/C14H16BrN3O2S/c1-18(5-10-6-21-7-17-10)12(4-16)9-2-11(15)14-13(3-9)19-8-20-14/h2-3,6-7,12H,4-5,8,16H2,1H3. The van der Waals surface area contributed by atoms with Gasteiger partial charge in [-0.25, -0.2) is 4.98 Å². The number of nitrogens with two attached hydrogens (primary N) is 1. The van der Waals surface area contributed by atoms with Crippen LogP contribution in [0, 0.1) is 0 Å². The van der Waals surface area contributed by atoms with Crippen LogP contribution in [0.25, 0.3) is 0 Å². The van der Waals surface area contributed by atoms with Crippen molar-refractivity contribution in [3.8, 4) is 11.5 Å². The Morgan fingerprint density at radius 1 is 1.48 bits per heavy atom. The molecule has 0 radical (unpaired) electrons. The third kappa shape index (κ3) is 3.06. The second-order valence-electron chi connectivity index (χ2n) is 4.88. The summed E-state index contributed by atoms with van der Waals surface area (Å²) in [7, 11) is 2.05. The summed E-state index contributed by atoms with van der Waals surface area (Å²) < 4.78 is 11.8. The van der Waals surface area contributed by atoms with Crippen LogP contribution >= 0.6 is 27.3 Å². The number of halogens is 1. The molecule has 2 aromatic rings. The molecule has 112 valence electrons. The lowest BCUT2D eigenvalue weighted by molar-refractivity contribution is 0.173. The normalized spacial score (nSPS) is 14.7. The van der Waals surface area contributed by atoms with Crippen molar-refractivity contribution in [2.75, 3.05) is 20.4 Å². The molecule has 5 nitrogen and oxygen atoms in total. The first-order chi connectivity index (χ1) is 10.2. The Morgan fingerprint density at radius 2 is 2.33 bits per heavy atom. The molecule has 21 heavy (non-hydrogen) atoms. The van der Waals surface area contributed by atoms with Gasteiger partial charge in [-0.05, 0) is 40.7 Å². The van der Waals surface area contributed by atoms with E-state index in [0.717, 1.165) is 33.8 Å². The number of rotatable bonds is 5. The van der Waals surface area contributed by atoms with Gasteiger partial charge in [0.2, 0.25) is 6.79 Å². The van der Waals surface area contributed by atoms with E-state index in [0.29, 0.717) is 6.54 Å². The molecule has 1 aliphatic rings. The molecule has 1 unspecified atom stereocenters. The van der Waals surface area contributed by atoms with Crippen LogP contribution in [0.4, 0.5) is 0 Å². The van der Waals surface area contributed by atoms with Crippen LogP contribution in [0.5, 0.6) is 11.5 Å². The van der Waals surface area contributed by atoms with E-state index in [4.69, 9.17) is 15.2 Å². The van der Waals surface area contributed by atoms with E-state index in [1.165, 1.54) is 0 Å². The van der Waals surface area contributed by atoms with Gasteiger partial charge in [-0.15, -0.1) is 11.3 Å². The second-order valence-corrected chi connectivity index (χ2v) is 6.46. The first-order valence-corrected chi connectivity index (χ1v) is 8.29. The van der Waals surface area contributed by atoms with Gasteiger partial charge < -0.3 is 15.2 Å². The first-order valence-electron chi connectivity index (χ1n) is 6.55. The van der Waals surface area contributed by atoms with Crippen LogP contribution in [0.1, 0.15) is 17.3 Å². The van der Waals surface area contributed by atoms with Gasteiger partial charge in [0.25, 0.3) is 0 Å². The molecule has 0 saturated heterocycles. The number of likely N-dealkylation sites (N-methyl/N-ethyl adjacent to an activating group) is 1. The van der Waals surface area contributed by atoms with Crippen LogP contribution in [-0.2, 0) is 6.54 Å². The van der Waals surface area contributed by atoms with Crippen molar-refractivity contribution >= 4 is 27.3 Å². The number of fused-ring (bicyclic) bond motifs is 1. The number of nitrogens with zero attached hydrogens (tertiary/aromatic N) is 2. The second kappa shape index (κ2) is 6.31. The molecule has 1 aromatic carbocycles. The zero-order valence-electron chi connectivity index (χ0n) is 11.6. The van der Waals surface area contributed by atoms with Gasteiger partial charge in [0.05, 0.1) is 15.7 Å². The SMILES string of the molecule is CN(Cc1cscn1)C(CN)c1cc(Br)c2c(c1)OCO2. The fraction of sp³-hybridized carbons (Fsp3) is 0.357. The number of hydrogen-bond acceptors (Lipinski definition) is 6. The molecule has 0 aliphatic carbocycles. The summed E-state index contributed by atoms with van der Waals surface area (Å²) in [5.41, 5.74) is 9.99. The Bertz CT molecular complexity index is 621. The number of hydrogen-bond donors (Lipinski definition) is 1. The topological polar surface area (TPSA) is 60.6 Å². The van der Waals surface area contributed by atoms with E-state index in [9.17, 15) is 0 Å². The fourth-order valence-corrected chi connectivity index (χ4v) is 3.56. The van der Waals surface area contributed by atoms with Crippen molar-refractivity contribution in [1.82, 2.24) is 9.88 Å². The van der Waals surface area contributed by atoms with Crippen LogP contribution < -0.4 is 15.2 Å². The lowest BCUT2D eigenvalue weighted by Crippen LogP contribution is -2.30. The van der Waals surface area contributed by atoms with Gasteiger partial charge in [0.15, 0.2) is 11.5 Å². The minimum atomic E-state index is 0.0949. The molecular formula is C14H16BrN3O2S. The van der Waals surface area contributed by atoms with Gasteiger partial charge in [-0.3, -0.25) is 4.90 Å². The molecular weight excluding hydrogens is 354 g/mol. The summed E-state index contributed by atoms with van der Waals surface area (Å²) in [5, 5.41) is 2.06. The number of aromatic nitrogens is 1. The Hall–Kier alpha value is -1.15. The molecule has 1 aliphatic heterocycles. The number of ether oxygens (including phenoxy) is 2. The number of benzene rings is 1. The summed E-state index contributed by atoms with van der Waals surface area (Å²) in [6.45, 7) is 1.55. The predicted molar refractivity (Wildman–Crippen MR) is 85.6 cm³/mol. The molecule has 0 bridgehead atoms. The van der Waals surface area contributed by atoms with E-state index < -0.39 is 0 Å². The minimum absolute atomic E-state index is 0.0949. The highest BCUT2D eigenvalue weighted by molar-refractivity contribution is 9.10. The molecule has 1 atom stereocenters. The van der Waals surface area contributed by atoms with Crippen molar-refractivity contribution in [3.05, 3.63) is 38.8 Å². The first kappa shape index (κ1) is 14.8. The Morgan fingerprint density at radius 3 is 3.05 bits per heavy atom. The summed E-state index contributed by atoms with van der Waals surface area (Å²) in [6.07, 6.45) is 0. The summed E-state index contributed by atoms with van der Waals surface area (Å²) in [6, 6.07) is 4.14. The maximum Gasteiger partial charge on any atom is 0.231 e. The molecule has 0 fully saturated rings. The average Bonchev–Trinajstić information content (AvgIpc) is 3.10. The molecule has 0 saturated carbocycles. The maximum absolute atomic E-state index is 5.98. The van der Waals surface area contributed by atoms with Crippen molar-refractivity contribution in [1.29, 1.82) is 0 Å². The predicted octanol–water partition coefficient (Wildman–Crippen LogP) is 2.77. The van der Waals surface area contributed by atoms with Gasteiger partial charge in [-0.1, -0.05) is 0 Å². The zero-order valence-corrected chi connectivity index (χ0v) is 14.0. The van der Waals surface area contributed by atoms with Gasteiger partial charge in [-0.2, -0.15) is 0 Å². The van der Waals surface area contributed by atoms with Gasteiger partial charge in [0, 0.05) is 24.5 Å². The number of thiazole rings is 1. The van der Waals surface area contributed by atoms with Crippen molar-refractivity contribution in [3.63, 3.8) is 0 Å². The van der Waals surface area contributed by atoms with Crippen molar-refractivity contribution in [2.24, 2.45) is 5.73 Å². The molecule has 7 heteroatoms. The highest BCUT2D eigenvalue weighted by Crippen LogP contribution is 2.41. The van der Waals surface area contributed by atoms with Gasteiger partial charge in [0.1, 0.15) is 0 Å². The molecule has 2 N–H and O–H groups in total. The molecule has 3 rings (SSSR count). The van der Waals surface area contributed by atoms with Crippen LogP contribution in [0.15, 0.2) is 27.5 Å². The highest BCUT2D eigenvalue weighted by Gasteiger charge is 2.23. The highest BCUT2D eigenvalue weighted by atomic mass is 79.9.